The summed E-state index contributed by atoms with van der Waals surface area (Å²) >= 11 is 0. The zero-order valence-electron chi connectivity index (χ0n) is 18.7. The molecule has 0 aromatic heterocycles. The molecule has 4 rings (SSSR count). The van der Waals surface area contributed by atoms with E-state index in [1.165, 1.54) is 0 Å². The lowest BCUT2D eigenvalue weighted by atomic mass is 10.1. The number of nitrogens with zero attached hydrogens (tertiary/aromatic N) is 2. The number of aromatic hydroxyl groups is 2. The summed E-state index contributed by atoms with van der Waals surface area (Å²) in [6, 6.07) is 19.6. The van der Waals surface area contributed by atoms with Gasteiger partial charge in [0.05, 0.1) is 11.4 Å². The Hall–Kier alpha value is -3.92. The first-order valence-electron chi connectivity index (χ1n) is 10.5. The van der Waals surface area contributed by atoms with Crippen LogP contribution < -0.4 is 0 Å². The molecule has 0 atom stereocenters. The van der Waals surface area contributed by atoms with E-state index in [0.717, 1.165) is 44.4 Å². The molecule has 0 saturated carbocycles. The molecule has 0 aliphatic heterocycles. The molecule has 2 N–H and O–H groups in total. The van der Waals surface area contributed by atoms with Crippen molar-refractivity contribution in [2.45, 2.75) is 27.7 Å². The minimum atomic E-state index is 0.239. The summed E-state index contributed by atoms with van der Waals surface area (Å²) in [7, 11) is 0. The summed E-state index contributed by atoms with van der Waals surface area (Å²) < 4.78 is 0. The quantitative estimate of drug-likeness (QED) is 0.348. The zero-order valence-corrected chi connectivity index (χ0v) is 18.7. The number of rotatable bonds is 4. The van der Waals surface area contributed by atoms with Gasteiger partial charge in [0, 0.05) is 28.9 Å². The van der Waals surface area contributed by atoms with E-state index in [0.29, 0.717) is 11.1 Å². The molecule has 0 saturated heterocycles. The summed E-state index contributed by atoms with van der Waals surface area (Å²) in [6.45, 7) is 7.76. The van der Waals surface area contributed by atoms with Crippen LogP contribution in [0.25, 0.3) is 10.8 Å². The van der Waals surface area contributed by atoms with Crippen molar-refractivity contribution in [1.82, 2.24) is 0 Å². The molecule has 4 heteroatoms. The molecule has 4 aromatic rings. The molecule has 0 spiro atoms. The van der Waals surface area contributed by atoms with E-state index < -0.39 is 0 Å². The van der Waals surface area contributed by atoms with E-state index >= 15 is 0 Å². The van der Waals surface area contributed by atoms with E-state index in [-0.39, 0.29) is 11.5 Å². The largest absolute Gasteiger partial charge is 0.507 e. The number of phenols is 2. The van der Waals surface area contributed by atoms with Crippen LogP contribution in [0, 0.1) is 27.7 Å². The van der Waals surface area contributed by atoms with Crippen LogP contribution in [0.15, 0.2) is 70.6 Å². The molecule has 0 amide bonds. The van der Waals surface area contributed by atoms with E-state index in [1.807, 2.05) is 88.4 Å². The summed E-state index contributed by atoms with van der Waals surface area (Å²) in [4.78, 5) is 9.40. The predicted octanol–water partition coefficient (Wildman–Crippen LogP) is 6.99. The summed E-state index contributed by atoms with van der Waals surface area (Å²) in [5.74, 6) is 0.478. The number of phenolic OH excluding ortho intramolecular Hbond substituents is 2. The lowest BCUT2D eigenvalue weighted by Gasteiger charge is -2.08. The highest BCUT2D eigenvalue weighted by atomic mass is 16.3. The Morgan fingerprint density at radius 1 is 0.625 bits per heavy atom. The second kappa shape index (κ2) is 8.67. The van der Waals surface area contributed by atoms with Crippen molar-refractivity contribution in [2.75, 3.05) is 0 Å². The summed E-state index contributed by atoms with van der Waals surface area (Å²) in [5, 5.41) is 22.8. The molecule has 0 unspecified atom stereocenters. The van der Waals surface area contributed by atoms with Gasteiger partial charge >= 0.3 is 0 Å². The van der Waals surface area contributed by atoms with Crippen molar-refractivity contribution in [3.05, 3.63) is 94.0 Å². The predicted molar refractivity (Wildman–Crippen MR) is 134 cm³/mol. The topological polar surface area (TPSA) is 65.2 Å². The molecular formula is C28H26N2O2. The van der Waals surface area contributed by atoms with Gasteiger partial charge in [-0.2, -0.15) is 0 Å². The normalized spacial score (nSPS) is 11.8. The third-order valence-electron chi connectivity index (χ3n) is 5.49. The van der Waals surface area contributed by atoms with Crippen LogP contribution in [0.4, 0.5) is 11.4 Å². The molecule has 0 fully saturated rings. The SMILES string of the molecule is Cc1cc(C)c(O)c(C=Nc2cccc3cccc(N=Cc4cc(C)cc(C)c4O)c23)c1. The molecule has 32 heavy (non-hydrogen) atoms. The van der Waals surface area contributed by atoms with Gasteiger partial charge in [0.2, 0.25) is 0 Å². The average molecular weight is 423 g/mol. The van der Waals surface area contributed by atoms with Crippen LogP contribution in [-0.4, -0.2) is 22.6 Å². The first-order chi connectivity index (χ1) is 15.3. The van der Waals surface area contributed by atoms with Crippen LogP contribution in [0.3, 0.4) is 0 Å². The van der Waals surface area contributed by atoms with Gasteiger partial charge in [-0.3, -0.25) is 9.98 Å². The number of hydrogen-bond donors (Lipinski definition) is 2. The maximum Gasteiger partial charge on any atom is 0.127 e. The van der Waals surface area contributed by atoms with Gasteiger partial charge in [0.15, 0.2) is 0 Å². The van der Waals surface area contributed by atoms with Gasteiger partial charge in [0.25, 0.3) is 0 Å². The zero-order chi connectivity index (χ0) is 22.8. The van der Waals surface area contributed by atoms with Crippen LogP contribution in [-0.2, 0) is 0 Å². The van der Waals surface area contributed by atoms with Gasteiger partial charge in [0.1, 0.15) is 11.5 Å². The molecule has 0 radical (unpaired) electrons. The minimum absolute atomic E-state index is 0.239. The van der Waals surface area contributed by atoms with E-state index in [9.17, 15) is 10.2 Å². The number of benzene rings is 4. The van der Waals surface area contributed by atoms with Gasteiger partial charge in [-0.05, 0) is 79.6 Å². The Kier molecular flexibility index (Phi) is 5.78. The molecular weight excluding hydrogens is 396 g/mol. The average Bonchev–Trinajstić information content (AvgIpc) is 2.76. The number of hydrogen-bond acceptors (Lipinski definition) is 4. The van der Waals surface area contributed by atoms with Crippen molar-refractivity contribution in [1.29, 1.82) is 0 Å². The van der Waals surface area contributed by atoms with Crippen molar-refractivity contribution >= 4 is 34.6 Å². The fraction of sp³-hybridized carbons (Fsp3) is 0.143. The molecule has 0 aliphatic carbocycles. The highest BCUT2D eigenvalue weighted by Crippen LogP contribution is 2.35. The lowest BCUT2D eigenvalue weighted by molar-refractivity contribution is 0.469. The standard InChI is InChI=1S/C28H26N2O2/c1-17-11-19(3)27(31)22(13-17)15-29-24-9-5-7-21-8-6-10-25(26(21)24)30-16-23-14-18(2)12-20(4)28(23)32/h5-16,31-32H,1-4H3. The summed E-state index contributed by atoms with van der Waals surface area (Å²) in [5.41, 5.74) is 6.67. The Morgan fingerprint density at radius 3 is 1.50 bits per heavy atom. The van der Waals surface area contributed by atoms with E-state index in [1.54, 1.807) is 12.4 Å². The molecule has 160 valence electrons. The Bertz CT molecular complexity index is 1280. The second-order valence-corrected chi connectivity index (χ2v) is 8.21. The number of fused-ring (bicyclic) bond motifs is 1. The van der Waals surface area contributed by atoms with Crippen LogP contribution in [0.2, 0.25) is 0 Å². The third kappa shape index (κ3) is 4.26. The smallest absolute Gasteiger partial charge is 0.127 e. The molecule has 0 bridgehead atoms. The van der Waals surface area contributed by atoms with Crippen molar-refractivity contribution < 1.29 is 10.2 Å². The Labute approximate surface area is 188 Å². The molecule has 4 nitrogen and oxygen atoms in total. The van der Waals surface area contributed by atoms with Crippen LogP contribution >= 0.6 is 0 Å². The lowest BCUT2D eigenvalue weighted by Crippen LogP contribution is -1.89. The van der Waals surface area contributed by atoms with Gasteiger partial charge in [-0.1, -0.05) is 36.4 Å². The monoisotopic (exact) mass is 422 g/mol. The van der Waals surface area contributed by atoms with Gasteiger partial charge in [-0.25, -0.2) is 0 Å². The summed E-state index contributed by atoms with van der Waals surface area (Å²) in [6.07, 6.45) is 3.39. The number of aliphatic imine (C=N–C) groups is 2. The van der Waals surface area contributed by atoms with Gasteiger partial charge < -0.3 is 10.2 Å². The maximum absolute atomic E-state index is 10.4. The minimum Gasteiger partial charge on any atom is -0.507 e. The number of aryl methyl sites for hydroxylation is 4. The first kappa shape index (κ1) is 21.3. The van der Waals surface area contributed by atoms with Gasteiger partial charge in [-0.15, -0.1) is 0 Å². The molecule has 0 heterocycles. The highest BCUT2D eigenvalue weighted by Gasteiger charge is 2.08. The fourth-order valence-corrected chi connectivity index (χ4v) is 3.98. The Morgan fingerprint density at radius 2 is 1.06 bits per heavy atom. The third-order valence-corrected chi connectivity index (χ3v) is 5.49. The highest BCUT2D eigenvalue weighted by molar-refractivity contribution is 6.04. The molecule has 4 aromatic carbocycles. The van der Waals surface area contributed by atoms with Crippen LogP contribution in [0.1, 0.15) is 33.4 Å². The van der Waals surface area contributed by atoms with E-state index in [2.05, 4.69) is 0 Å². The fourth-order valence-electron chi connectivity index (χ4n) is 3.98. The second-order valence-electron chi connectivity index (χ2n) is 8.21. The van der Waals surface area contributed by atoms with Crippen molar-refractivity contribution in [3.8, 4) is 11.5 Å². The van der Waals surface area contributed by atoms with E-state index in [4.69, 9.17) is 9.98 Å². The first-order valence-corrected chi connectivity index (χ1v) is 10.5. The maximum atomic E-state index is 10.4. The molecule has 0 aliphatic rings. The van der Waals surface area contributed by atoms with Crippen molar-refractivity contribution in [2.24, 2.45) is 9.98 Å². The van der Waals surface area contributed by atoms with Crippen molar-refractivity contribution in [3.63, 3.8) is 0 Å². The van der Waals surface area contributed by atoms with Crippen LogP contribution in [0.5, 0.6) is 11.5 Å². The Balaban J connectivity index is 1.80.